The Balaban J connectivity index is 1.58. The summed E-state index contributed by atoms with van der Waals surface area (Å²) in [6, 6.07) is 5.42. The van der Waals surface area contributed by atoms with Gasteiger partial charge in [-0.1, -0.05) is 12.1 Å². The first-order valence-corrected chi connectivity index (χ1v) is 11.1. The van der Waals surface area contributed by atoms with Crippen molar-refractivity contribution in [1.82, 2.24) is 19.3 Å². The van der Waals surface area contributed by atoms with E-state index in [4.69, 9.17) is 0 Å². The molecule has 1 N–H and O–H groups in total. The van der Waals surface area contributed by atoms with Crippen molar-refractivity contribution in [2.45, 2.75) is 32.9 Å². The molecule has 3 heterocycles. The largest absolute Gasteiger partial charge is 0.324 e. The van der Waals surface area contributed by atoms with Crippen LogP contribution in [-0.4, -0.2) is 45.2 Å². The molecule has 4 rings (SSSR count). The van der Waals surface area contributed by atoms with E-state index in [0.29, 0.717) is 17.8 Å². The van der Waals surface area contributed by atoms with Gasteiger partial charge in [0.1, 0.15) is 18.3 Å². The molecule has 1 aliphatic rings. The van der Waals surface area contributed by atoms with Crippen LogP contribution >= 0.6 is 0 Å². The Bertz CT molecular complexity index is 1280. The molecule has 0 aliphatic carbocycles. The van der Waals surface area contributed by atoms with Gasteiger partial charge in [0.25, 0.3) is 5.56 Å². The minimum absolute atomic E-state index is 0.00715. The van der Waals surface area contributed by atoms with Gasteiger partial charge in [-0.2, -0.15) is 5.10 Å². The molecule has 10 heteroatoms. The Morgan fingerprint density at radius 2 is 2.10 bits per heavy atom. The zero-order valence-electron chi connectivity index (χ0n) is 16.1. The van der Waals surface area contributed by atoms with Gasteiger partial charge >= 0.3 is 0 Å². The van der Waals surface area contributed by atoms with Crippen LogP contribution in [0.3, 0.4) is 0 Å². The quantitative estimate of drug-likeness (QED) is 0.685. The maximum Gasteiger partial charge on any atom is 0.264 e. The topological polar surface area (TPSA) is 116 Å². The van der Waals surface area contributed by atoms with Gasteiger partial charge in [-0.25, -0.2) is 18.1 Å². The fourth-order valence-electron chi connectivity index (χ4n) is 3.53. The Labute approximate surface area is 167 Å². The molecule has 152 valence electrons. The van der Waals surface area contributed by atoms with Crippen LogP contribution in [-0.2, 0) is 21.2 Å². The third-order valence-corrected chi connectivity index (χ3v) is 6.87. The van der Waals surface area contributed by atoms with Crippen molar-refractivity contribution in [3.05, 3.63) is 52.2 Å². The molecule has 1 atom stereocenters. The Hall–Kier alpha value is -3.01. The lowest BCUT2D eigenvalue weighted by Crippen LogP contribution is -2.28. The van der Waals surface area contributed by atoms with Crippen molar-refractivity contribution < 1.29 is 13.2 Å². The molecule has 1 aliphatic heterocycles. The first-order valence-electron chi connectivity index (χ1n) is 9.24. The molecule has 0 radical (unpaired) electrons. The third kappa shape index (κ3) is 3.80. The fraction of sp³-hybridized carbons (Fsp3) is 0.368. The first kappa shape index (κ1) is 19.3. The van der Waals surface area contributed by atoms with Gasteiger partial charge in [0.05, 0.1) is 23.7 Å². The summed E-state index contributed by atoms with van der Waals surface area (Å²) in [4.78, 5) is 29.5. The van der Waals surface area contributed by atoms with E-state index in [-0.39, 0.29) is 35.4 Å². The molecular weight excluding hydrogens is 394 g/mol. The number of hydrogen-bond acceptors (Lipinski definition) is 6. The molecule has 9 nitrogen and oxygen atoms in total. The minimum atomic E-state index is -3.09. The summed E-state index contributed by atoms with van der Waals surface area (Å²) in [5, 5.41) is 7.27. The highest BCUT2D eigenvalue weighted by atomic mass is 32.2. The van der Waals surface area contributed by atoms with E-state index in [0.717, 1.165) is 11.1 Å². The molecule has 0 spiro atoms. The summed E-state index contributed by atoms with van der Waals surface area (Å²) >= 11 is 0. The van der Waals surface area contributed by atoms with Gasteiger partial charge in [-0.3, -0.25) is 14.2 Å². The van der Waals surface area contributed by atoms with E-state index in [1.807, 2.05) is 32.0 Å². The maximum atomic E-state index is 12.8. The first-order chi connectivity index (χ1) is 13.7. The average Bonchev–Trinajstić information content (AvgIpc) is 3.24. The zero-order chi connectivity index (χ0) is 20.8. The molecule has 2 aromatic heterocycles. The molecule has 3 aromatic rings. The second-order valence-electron chi connectivity index (χ2n) is 7.43. The number of fused-ring (bicyclic) bond motifs is 1. The number of nitrogens with one attached hydrogen (secondary N) is 1. The van der Waals surface area contributed by atoms with Gasteiger partial charge < -0.3 is 5.32 Å². The lowest BCUT2D eigenvalue weighted by Gasteiger charge is -2.11. The van der Waals surface area contributed by atoms with Crippen molar-refractivity contribution in [2.75, 3.05) is 16.8 Å². The summed E-state index contributed by atoms with van der Waals surface area (Å²) in [6.07, 6.45) is 3.13. The van der Waals surface area contributed by atoms with Crippen molar-refractivity contribution >= 4 is 32.5 Å². The summed E-state index contributed by atoms with van der Waals surface area (Å²) in [5.41, 5.74) is 2.60. The number of carbonyl (C=O) groups excluding carboxylic acids is 1. The molecule has 1 saturated heterocycles. The van der Waals surface area contributed by atoms with Gasteiger partial charge in [0.2, 0.25) is 5.91 Å². The number of hydrogen-bond donors (Lipinski definition) is 1. The van der Waals surface area contributed by atoms with Crippen molar-refractivity contribution in [1.29, 1.82) is 0 Å². The number of nitrogens with zero attached hydrogens (tertiary/aromatic N) is 4. The number of sulfone groups is 1. The van der Waals surface area contributed by atoms with E-state index in [9.17, 15) is 18.0 Å². The highest BCUT2D eigenvalue weighted by Gasteiger charge is 2.31. The predicted octanol–water partition coefficient (Wildman–Crippen LogP) is 1.21. The van der Waals surface area contributed by atoms with Crippen molar-refractivity contribution in [3.63, 3.8) is 0 Å². The van der Waals surface area contributed by atoms with Crippen LogP contribution in [0, 0.1) is 13.8 Å². The Kier molecular flexibility index (Phi) is 4.73. The van der Waals surface area contributed by atoms with Crippen molar-refractivity contribution in [2.24, 2.45) is 0 Å². The maximum absolute atomic E-state index is 12.8. The highest BCUT2D eigenvalue weighted by molar-refractivity contribution is 7.91. The van der Waals surface area contributed by atoms with E-state index in [2.05, 4.69) is 15.4 Å². The second-order valence-corrected chi connectivity index (χ2v) is 9.66. The lowest BCUT2D eigenvalue weighted by atomic mass is 10.1. The Morgan fingerprint density at radius 1 is 1.31 bits per heavy atom. The van der Waals surface area contributed by atoms with Crippen LogP contribution in [0.25, 0.3) is 11.0 Å². The van der Waals surface area contributed by atoms with Crippen LogP contribution in [0.2, 0.25) is 0 Å². The third-order valence-electron chi connectivity index (χ3n) is 5.12. The molecule has 1 unspecified atom stereocenters. The lowest BCUT2D eigenvalue weighted by molar-refractivity contribution is -0.116. The smallest absolute Gasteiger partial charge is 0.264 e. The number of aromatic nitrogens is 4. The second kappa shape index (κ2) is 7.11. The van der Waals surface area contributed by atoms with Crippen LogP contribution in [0.15, 0.2) is 35.5 Å². The fourth-order valence-corrected chi connectivity index (χ4v) is 5.22. The predicted molar refractivity (Wildman–Crippen MR) is 109 cm³/mol. The number of amides is 1. The van der Waals surface area contributed by atoms with Gasteiger partial charge in [0, 0.05) is 5.69 Å². The van der Waals surface area contributed by atoms with Gasteiger partial charge in [0.15, 0.2) is 15.5 Å². The van der Waals surface area contributed by atoms with Crippen LogP contribution in [0.4, 0.5) is 5.69 Å². The number of rotatable bonds is 4. The standard InChI is InChI=1S/C19H21N5O4S/c1-12-3-4-13(2)16(7-12)22-17(25)9-23-11-20-18-15(19(23)26)8-21-24(18)14-5-6-29(27,28)10-14/h3-4,7-8,11,14H,5-6,9-10H2,1-2H3,(H,22,25). The van der Waals surface area contributed by atoms with Crippen molar-refractivity contribution in [3.8, 4) is 0 Å². The molecular formula is C19H21N5O4S. The highest BCUT2D eigenvalue weighted by Crippen LogP contribution is 2.25. The monoisotopic (exact) mass is 415 g/mol. The van der Waals surface area contributed by atoms with Gasteiger partial charge in [-0.05, 0) is 37.5 Å². The molecule has 1 aromatic carbocycles. The van der Waals surface area contributed by atoms with Crippen LogP contribution in [0.5, 0.6) is 0 Å². The summed E-state index contributed by atoms with van der Waals surface area (Å²) < 4.78 is 26.2. The van der Waals surface area contributed by atoms with Crippen LogP contribution < -0.4 is 10.9 Å². The Morgan fingerprint density at radius 3 is 2.83 bits per heavy atom. The summed E-state index contributed by atoms with van der Waals surface area (Å²) in [5.74, 6) is -0.238. The molecule has 0 saturated carbocycles. The normalized spacial score (nSPS) is 18.2. The molecule has 29 heavy (non-hydrogen) atoms. The van der Waals surface area contributed by atoms with Crippen LogP contribution in [0.1, 0.15) is 23.6 Å². The minimum Gasteiger partial charge on any atom is -0.324 e. The van der Waals surface area contributed by atoms with Gasteiger partial charge in [-0.15, -0.1) is 0 Å². The number of carbonyl (C=O) groups is 1. The SMILES string of the molecule is Cc1ccc(C)c(NC(=O)Cn2cnc3c(cnn3C3CCS(=O)(=O)C3)c2=O)c1. The van der Waals surface area contributed by atoms with E-state index < -0.39 is 15.4 Å². The molecule has 0 bridgehead atoms. The van der Waals surface area contributed by atoms with E-state index in [1.165, 1.54) is 21.8 Å². The summed E-state index contributed by atoms with van der Waals surface area (Å²) in [7, 11) is -3.09. The summed E-state index contributed by atoms with van der Waals surface area (Å²) in [6.45, 7) is 3.65. The molecule has 1 fully saturated rings. The number of benzene rings is 1. The number of anilines is 1. The zero-order valence-corrected chi connectivity index (χ0v) is 16.9. The number of aryl methyl sites for hydroxylation is 2. The van der Waals surface area contributed by atoms with E-state index in [1.54, 1.807) is 0 Å². The average molecular weight is 415 g/mol. The van der Waals surface area contributed by atoms with E-state index >= 15 is 0 Å². The molecule has 1 amide bonds.